The molecule has 0 saturated carbocycles. The number of amides is 1. The molecule has 1 aromatic carbocycles. The first-order chi connectivity index (χ1) is 14.2. The predicted molar refractivity (Wildman–Crippen MR) is 113 cm³/mol. The predicted octanol–water partition coefficient (Wildman–Crippen LogP) is 3.40. The highest BCUT2D eigenvalue weighted by Gasteiger charge is 2.26. The Morgan fingerprint density at radius 1 is 1.07 bits per heavy atom. The minimum absolute atomic E-state index is 0.132. The highest BCUT2D eigenvalue weighted by Crippen LogP contribution is 2.31. The number of carbonyl (C=O) groups excluding carboxylic acids is 1. The number of hydrogen-bond acceptors (Lipinski definition) is 5. The SMILES string of the molecule is COc1ccc(CC2CCN(c3cc(C(=O)N4CCCC4)ccn3)C2)cc1OC. The van der Waals surface area contributed by atoms with E-state index in [4.69, 9.17) is 9.47 Å². The van der Waals surface area contributed by atoms with Crippen LogP contribution in [-0.4, -0.2) is 56.2 Å². The van der Waals surface area contributed by atoms with Crippen LogP contribution >= 0.6 is 0 Å². The van der Waals surface area contributed by atoms with E-state index in [1.807, 2.05) is 23.1 Å². The lowest BCUT2D eigenvalue weighted by Crippen LogP contribution is -2.28. The van der Waals surface area contributed by atoms with Gasteiger partial charge in [0.1, 0.15) is 5.82 Å². The van der Waals surface area contributed by atoms with E-state index >= 15 is 0 Å². The van der Waals surface area contributed by atoms with Crippen molar-refractivity contribution in [2.45, 2.75) is 25.7 Å². The van der Waals surface area contributed by atoms with Crippen LogP contribution in [-0.2, 0) is 6.42 Å². The third-order valence-corrected chi connectivity index (χ3v) is 5.97. The highest BCUT2D eigenvalue weighted by molar-refractivity contribution is 5.95. The molecular weight excluding hydrogens is 366 g/mol. The van der Waals surface area contributed by atoms with Crippen LogP contribution in [0.15, 0.2) is 36.5 Å². The fourth-order valence-corrected chi connectivity index (χ4v) is 4.38. The maximum Gasteiger partial charge on any atom is 0.254 e. The molecular formula is C23H29N3O3. The lowest BCUT2D eigenvalue weighted by atomic mass is 9.98. The monoisotopic (exact) mass is 395 g/mol. The average Bonchev–Trinajstić information content (AvgIpc) is 3.45. The average molecular weight is 396 g/mol. The molecule has 0 N–H and O–H groups in total. The van der Waals surface area contributed by atoms with Gasteiger partial charge in [0.05, 0.1) is 14.2 Å². The van der Waals surface area contributed by atoms with E-state index in [9.17, 15) is 4.79 Å². The molecule has 0 radical (unpaired) electrons. The number of likely N-dealkylation sites (tertiary alicyclic amines) is 1. The number of ether oxygens (including phenoxy) is 2. The first kappa shape index (κ1) is 19.6. The van der Waals surface area contributed by atoms with Crippen LogP contribution in [0.2, 0.25) is 0 Å². The quantitative estimate of drug-likeness (QED) is 0.750. The summed E-state index contributed by atoms with van der Waals surface area (Å²) in [5.41, 5.74) is 2.00. The van der Waals surface area contributed by atoms with Crippen LogP contribution in [0.25, 0.3) is 0 Å². The van der Waals surface area contributed by atoms with Gasteiger partial charge >= 0.3 is 0 Å². The summed E-state index contributed by atoms with van der Waals surface area (Å²) in [5, 5.41) is 0. The number of hydrogen-bond donors (Lipinski definition) is 0. The van der Waals surface area contributed by atoms with Crippen LogP contribution in [0.3, 0.4) is 0 Å². The molecule has 1 atom stereocenters. The maximum atomic E-state index is 12.7. The van der Waals surface area contributed by atoms with E-state index in [-0.39, 0.29) is 5.91 Å². The summed E-state index contributed by atoms with van der Waals surface area (Å²) in [5.74, 6) is 3.12. The molecule has 2 aliphatic rings. The smallest absolute Gasteiger partial charge is 0.254 e. The Balaban J connectivity index is 1.41. The summed E-state index contributed by atoms with van der Waals surface area (Å²) in [6.45, 7) is 3.65. The molecule has 1 aromatic heterocycles. The fourth-order valence-electron chi connectivity index (χ4n) is 4.38. The number of anilines is 1. The van der Waals surface area contributed by atoms with Gasteiger partial charge in [-0.1, -0.05) is 6.07 Å². The number of benzene rings is 1. The van der Waals surface area contributed by atoms with Crippen molar-refractivity contribution in [2.75, 3.05) is 45.3 Å². The van der Waals surface area contributed by atoms with Crippen LogP contribution in [0.5, 0.6) is 11.5 Å². The van der Waals surface area contributed by atoms with E-state index in [2.05, 4.69) is 22.0 Å². The molecule has 6 heteroatoms. The van der Waals surface area contributed by atoms with Gasteiger partial charge in [0.15, 0.2) is 11.5 Å². The van der Waals surface area contributed by atoms with Gasteiger partial charge in [-0.2, -0.15) is 0 Å². The van der Waals surface area contributed by atoms with E-state index in [0.717, 1.165) is 74.7 Å². The number of aromatic nitrogens is 1. The Bertz CT molecular complexity index is 864. The van der Waals surface area contributed by atoms with Gasteiger partial charge in [-0.3, -0.25) is 4.79 Å². The van der Waals surface area contributed by atoms with Gasteiger partial charge in [-0.25, -0.2) is 4.98 Å². The van der Waals surface area contributed by atoms with Gasteiger partial charge in [-0.05, 0) is 61.4 Å². The second-order valence-corrected chi connectivity index (χ2v) is 7.90. The van der Waals surface area contributed by atoms with Crippen molar-refractivity contribution in [3.63, 3.8) is 0 Å². The molecule has 2 saturated heterocycles. The van der Waals surface area contributed by atoms with Crippen molar-refractivity contribution >= 4 is 11.7 Å². The van der Waals surface area contributed by atoms with Crippen molar-refractivity contribution in [2.24, 2.45) is 5.92 Å². The Morgan fingerprint density at radius 2 is 1.86 bits per heavy atom. The summed E-state index contributed by atoms with van der Waals surface area (Å²) in [7, 11) is 3.32. The zero-order chi connectivity index (χ0) is 20.2. The molecule has 2 fully saturated rings. The largest absolute Gasteiger partial charge is 0.493 e. The third-order valence-electron chi connectivity index (χ3n) is 5.97. The fraction of sp³-hybridized carbons (Fsp3) is 0.478. The van der Waals surface area contributed by atoms with Gasteiger partial charge in [0.25, 0.3) is 5.91 Å². The summed E-state index contributed by atoms with van der Waals surface area (Å²) in [6.07, 6.45) is 6.07. The molecule has 2 aromatic rings. The minimum Gasteiger partial charge on any atom is -0.493 e. The number of pyridine rings is 1. The zero-order valence-electron chi connectivity index (χ0n) is 17.3. The standard InChI is InChI=1S/C23H29N3O3/c1-28-20-6-5-17(14-21(20)29-2)13-18-8-12-26(16-18)22-15-19(7-9-24-22)23(27)25-10-3-4-11-25/h5-7,9,14-15,18H,3-4,8,10-13,16H2,1-2H3. The van der Waals surface area contributed by atoms with E-state index in [0.29, 0.717) is 5.92 Å². The first-order valence-corrected chi connectivity index (χ1v) is 10.4. The van der Waals surface area contributed by atoms with Crippen LogP contribution < -0.4 is 14.4 Å². The Hall–Kier alpha value is -2.76. The molecule has 0 bridgehead atoms. The molecule has 1 unspecified atom stereocenters. The zero-order valence-corrected chi connectivity index (χ0v) is 17.3. The summed E-state index contributed by atoms with van der Waals surface area (Å²) in [6, 6.07) is 9.93. The van der Waals surface area contributed by atoms with Crippen LogP contribution in [0, 0.1) is 5.92 Å². The number of methoxy groups -OCH3 is 2. The molecule has 0 spiro atoms. The van der Waals surface area contributed by atoms with Gasteiger partial charge in [-0.15, -0.1) is 0 Å². The summed E-state index contributed by atoms with van der Waals surface area (Å²) >= 11 is 0. The molecule has 4 rings (SSSR count). The van der Waals surface area contributed by atoms with Crippen molar-refractivity contribution < 1.29 is 14.3 Å². The molecule has 6 nitrogen and oxygen atoms in total. The number of nitrogens with zero attached hydrogens (tertiary/aromatic N) is 3. The van der Waals surface area contributed by atoms with Crippen LogP contribution in [0.1, 0.15) is 35.2 Å². The normalized spacial score (nSPS) is 18.9. The molecule has 2 aliphatic heterocycles. The van der Waals surface area contributed by atoms with Crippen molar-refractivity contribution in [3.05, 3.63) is 47.7 Å². The molecule has 29 heavy (non-hydrogen) atoms. The summed E-state index contributed by atoms with van der Waals surface area (Å²) in [4.78, 5) is 21.5. The van der Waals surface area contributed by atoms with Gasteiger partial charge in [0, 0.05) is 37.9 Å². The topological polar surface area (TPSA) is 54.9 Å². The van der Waals surface area contributed by atoms with Crippen molar-refractivity contribution in [1.29, 1.82) is 0 Å². The lowest BCUT2D eigenvalue weighted by molar-refractivity contribution is 0.0792. The van der Waals surface area contributed by atoms with E-state index in [1.54, 1.807) is 20.4 Å². The van der Waals surface area contributed by atoms with Crippen LogP contribution in [0.4, 0.5) is 5.82 Å². The second-order valence-electron chi connectivity index (χ2n) is 7.90. The number of carbonyl (C=O) groups is 1. The molecule has 154 valence electrons. The molecule has 0 aliphatic carbocycles. The van der Waals surface area contributed by atoms with E-state index < -0.39 is 0 Å². The summed E-state index contributed by atoms with van der Waals surface area (Å²) < 4.78 is 10.8. The highest BCUT2D eigenvalue weighted by atomic mass is 16.5. The Kier molecular flexibility index (Phi) is 5.88. The maximum absolute atomic E-state index is 12.7. The van der Waals surface area contributed by atoms with Crippen molar-refractivity contribution in [1.82, 2.24) is 9.88 Å². The van der Waals surface area contributed by atoms with Gasteiger partial charge < -0.3 is 19.3 Å². The lowest BCUT2D eigenvalue weighted by Gasteiger charge is -2.20. The van der Waals surface area contributed by atoms with Crippen molar-refractivity contribution in [3.8, 4) is 11.5 Å². The minimum atomic E-state index is 0.132. The number of rotatable bonds is 6. The second kappa shape index (κ2) is 8.72. The molecule has 1 amide bonds. The first-order valence-electron chi connectivity index (χ1n) is 10.4. The Morgan fingerprint density at radius 3 is 2.62 bits per heavy atom. The van der Waals surface area contributed by atoms with E-state index in [1.165, 1.54) is 5.56 Å². The third kappa shape index (κ3) is 4.31. The molecule has 3 heterocycles. The Labute approximate surface area is 172 Å². The van der Waals surface area contributed by atoms with Gasteiger partial charge in [0.2, 0.25) is 0 Å².